The molecule has 4 rings (SSSR count). The fraction of sp³-hybridized carbons (Fsp3) is 0. The highest BCUT2D eigenvalue weighted by Crippen LogP contribution is 2.39. The van der Waals surface area contributed by atoms with Crippen LogP contribution in [0.25, 0.3) is 6.08 Å². The van der Waals surface area contributed by atoms with E-state index < -0.39 is 16.1 Å². The quantitative estimate of drug-likeness (QED) is 0.207. The van der Waals surface area contributed by atoms with E-state index in [2.05, 4.69) is 0 Å². The van der Waals surface area contributed by atoms with Crippen LogP contribution < -0.4 is 4.90 Å². The molecule has 0 spiro atoms. The zero-order valence-electron chi connectivity index (χ0n) is 16.0. The molecule has 1 fully saturated rings. The van der Waals surface area contributed by atoms with Gasteiger partial charge < -0.3 is 0 Å². The number of nitrogens with zero attached hydrogens (tertiary/aromatic N) is 2. The summed E-state index contributed by atoms with van der Waals surface area (Å²) in [6, 6.07) is 18.0. The molecular weight excluding hydrogens is 491 g/mol. The number of halogens is 2. The van der Waals surface area contributed by atoms with Gasteiger partial charge in [0.05, 0.1) is 20.4 Å². The van der Waals surface area contributed by atoms with Crippen LogP contribution in [-0.4, -0.2) is 16.1 Å². The predicted octanol–water partition coefficient (Wildman–Crippen LogP) is 7.29. The van der Waals surface area contributed by atoms with Crippen molar-refractivity contribution in [2.75, 3.05) is 4.90 Å². The van der Waals surface area contributed by atoms with Crippen molar-refractivity contribution in [1.29, 1.82) is 0 Å². The Morgan fingerprint density at radius 2 is 1.72 bits per heavy atom. The van der Waals surface area contributed by atoms with Crippen molar-refractivity contribution in [3.8, 4) is 0 Å². The highest BCUT2D eigenvalue weighted by molar-refractivity contribution is 8.19. The Morgan fingerprint density at radius 1 is 0.969 bits per heavy atom. The summed E-state index contributed by atoms with van der Waals surface area (Å²) in [7, 11) is 0. The van der Waals surface area contributed by atoms with Crippen LogP contribution in [0.15, 0.2) is 81.4 Å². The van der Waals surface area contributed by atoms with Crippen molar-refractivity contribution < 1.29 is 14.5 Å². The molecule has 0 aliphatic carbocycles. The molecule has 0 aromatic heterocycles. The zero-order valence-corrected chi connectivity index (χ0v) is 19.2. The number of carbonyl (C=O) groups excluding carboxylic acids is 2. The lowest BCUT2D eigenvalue weighted by Crippen LogP contribution is -2.27. The van der Waals surface area contributed by atoms with Gasteiger partial charge in [0.15, 0.2) is 0 Å². The Labute approximate surface area is 201 Å². The van der Waals surface area contributed by atoms with E-state index in [4.69, 9.17) is 23.2 Å². The second-order valence-corrected chi connectivity index (χ2v) is 9.52. The van der Waals surface area contributed by atoms with E-state index in [0.29, 0.717) is 26.2 Å². The zero-order chi connectivity index (χ0) is 22.8. The number of thioether (sulfide) groups is 1. The molecule has 1 aliphatic rings. The predicted molar refractivity (Wildman–Crippen MR) is 129 cm³/mol. The molecule has 1 heterocycles. The molecular formula is C22H12Cl2N2O4S2. The average molecular weight is 503 g/mol. The second kappa shape index (κ2) is 9.38. The van der Waals surface area contributed by atoms with Crippen molar-refractivity contribution in [2.24, 2.45) is 0 Å². The van der Waals surface area contributed by atoms with Crippen LogP contribution in [0.5, 0.6) is 0 Å². The summed E-state index contributed by atoms with van der Waals surface area (Å²) in [6.07, 6.45) is 1.47. The number of hydrogen-bond acceptors (Lipinski definition) is 6. The van der Waals surface area contributed by atoms with Gasteiger partial charge in [0, 0.05) is 21.0 Å². The minimum absolute atomic E-state index is 0.104. The van der Waals surface area contributed by atoms with Gasteiger partial charge in [0.2, 0.25) is 0 Å². The number of anilines is 1. The van der Waals surface area contributed by atoms with Gasteiger partial charge in [-0.1, -0.05) is 47.1 Å². The van der Waals surface area contributed by atoms with Gasteiger partial charge in [0.1, 0.15) is 0 Å². The number of benzene rings is 3. The Hall–Kier alpha value is -2.78. The number of nitro groups is 1. The minimum atomic E-state index is -0.510. The molecule has 1 aliphatic heterocycles. The number of nitro benzene ring substituents is 1. The van der Waals surface area contributed by atoms with E-state index in [1.165, 1.54) is 30.0 Å². The fourth-order valence-electron chi connectivity index (χ4n) is 2.94. The van der Waals surface area contributed by atoms with Gasteiger partial charge in [-0.25, -0.2) is 4.90 Å². The van der Waals surface area contributed by atoms with E-state index in [0.717, 1.165) is 21.6 Å². The first-order valence-electron chi connectivity index (χ1n) is 9.07. The number of carbonyl (C=O) groups is 2. The highest BCUT2D eigenvalue weighted by Gasteiger charge is 2.36. The van der Waals surface area contributed by atoms with Gasteiger partial charge in [-0.3, -0.25) is 19.7 Å². The molecule has 0 saturated carbocycles. The maximum atomic E-state index is 12.8. The lowest BCUT2D eigenvalue weighted by molar-refractivity contribution is -0.387. The summed E-state index contributed by atoms with van der Waals surface area (Å²) >= 11 is 13.9. The monoisotopic (exact) mass is 502 g/mol. The van der Waals surface area contributed by atoms with E-state index in [-0.39, 0.29) is 10.6 Å². The first-order chi connectivity index (χ1) is 15.3. The second-order valence-electron chi connectivity index (χ2n) is 6.54. The summed E-state index contributed by atoms with van der Waals surface area (Å²) in [4.78, 5) is 38.8. The van der Waals surface area contributed by atoms with Gasteiger partial charge >= 0.3 is 0 Å². The Bertz CT molecular complexity index is 1280. The molecule has 0 atom stereocenters. The number of amides is 2. The Balaban J connectivity index is 1.63. The van der Waals surface area contributed by atoms with Crippen LogP contribution >= 0.6 is 46.7 Å². The van der Waals surface area contributed by atoms with Gasteiger partial charge in [-0.2, -0.15) is 0 Å². The molecule has 32 heavy (non-hydrogen) atoms. The molecule has 0 unspecified atom stereocenters. The first kappa shape index (κ1) is 22.4. The van der Waals surface area contributed by atoms with Crippen LogP contribution in [0.4, 0.5) is 16.2 Å². The molecule has 3 aromatic rings. The van der Waals surface area contributed by atoms with Crippen LogP contribution in [0, 0.1) is 10.1 Å². The normalized spacial score (nSPS) is 14.9. The summed E-state index contributed by atoms with van der Waals surface area (Å²) in [5, 5.41) is 12.2. The maximum absolute atomic E-state index is 12.8. The number of imide groups is 1. The SMILES string of the molecule is O=C1SC(=Cc2ccc(Sc3ccc(Cl)cc3)c([N+](=O)[O-])c2)C(=O)N1c1cccc(Cl)c1. The van der Waals surface area contributed by atoms with E-state index in [1.807, 2.05) is 0 Å². The lowest BCUT2D eigenvalue weighted by Gasteiger charge is -2.12. The van der Waals surface area contributed by atoms with Crippen molar-refractivity contribution in [3.05, 3.63) is 97.4 Å². The van der Waals surface area contributed by atoms with Gasteiger partial charge in [0.25, 0.3) is 16.8 Å². The largest absolute Gasteiger partial charge is 0.298 e. The highest BCUT2D eigenvalue weighted by atomic mass is 35.5. The summed E-state index contributed by atoms with van der Waals surface area (Å²) in [5.41, 5.74) is 0.700. The first-order valence-corrected chi connectivity index (χ1v) is 11.5. The topological polar surface area (TPSA) is 80.5 Å². The smallest absolute Gasteiger partial charge is 0.268 e. The molecule has 0 bridgehead atoms. The van der Waals surface area contributed by atoms with Crippen molar-refractivity contribution in [3.63, 3.8) is 0 Å². The van der Waals surface area contributed by atoms with Gasteiger partial charge in [-0.05, 0) is 71.9 Å². The molecule has 160 valence electrons. The molecule has 1 saturated heterocycles. The van der Waals surface area contributed by atoms with Crippen molar-refractivity contribution in [1.82, 2.24) is 0 Å². The molecule has 2 amide bonds. The van der Waals surface area contributed by atoms with Crippen LogP contribution in [-0.2, 0) is 4.79 Å². The minimum Gasteiger partial charge on any atom is -0.268 e. The van der Waals surface area contributed by atoms with Crippen LogP contribution in [0.1, 0.15) is 5.56 Å². The number of hydrogen-bond donors (Lipinski definition) is 0. The van der Waals surface area contributed by atoms with Gasteiger partial charge in [-0.15, -0.1) is 0 Å². The van der Waals surface area contributed by atoms with E-state index >= 15 is 0 Å². The third-order valence-corrected chi connectivity index (χ3v) is 6.81. The van der Waals surface area contributed by atoms with E-state index in [9.17, 15) is 19.7 Å². The molecule has 0 N–H and O–H groups in total. The third kappa shape index (κ3) is 4.83. The molecule has 6 nitrogen and oxygen atoms in total. The average Bonchev–Trinajstić information content (AvgIpc) is 3.03. The lowest BCUT2D eigenvalue weighted by atomic mass is 10.2. The molecule has 0 radical (unpaired) electrons. The Kier molecular flexibility index (Phi) is 6.57. The van der Waals surface area contributed by atoms with Crippen molar-refractivity contribution in [2.45, 2.75) is 9.79 Å². The Morgan fingerprint density at radius 3 is 2.41 bits per heavy atom. The van der Waals surface area contributed by atoms with Crippen LogP contribution in [0.2, 0.25) is 10.0 Å². The fourth-order valence-corrected chi connectivity index (χ4v) is 4.99. The summed E-state index contributed by atoms with van der Waals surface area (Å²) in [6.45, 7) is 0. The third-order valence-electron chi connectivity index (χ3n) is 4.38. The molecule has 10 heteroatoms. The van der Waals surface area contributed by atoms with Crippen LogP contribution in [0.3, 0.4) is 0 Å². The van der Waals surface area contributed by atoms with Crippen molar-refractivity contribution >= 4 is 75.3 Å². The standard InChI is InChI=1S/C22H12Cl2N2O4S2/c23-14-5-7-17(8-6-14)31-19-9-4-13(10-18(19)26(29)30)11-20-21(27)25(22(28)32-20)16-3-1-2-15(24)12-16/h1-12H. The maximum Gasteiger partial charge on any atom is 0.298 e. The molecule has 3 aromatic carbocycles. The summed E-state index contributed by atoms with van der Waals surface area (Å²) < 4.78 is 0. The van der Waals surface area contributed by atoms with E-state index in [1.54, 1.807) is 54.6 Å². The number of rotatable bonds is 5. The summed E-state index contributed by atoms with van der Waals surface area (Å²) in [5.74, 6) is -0.510.